The molecule has 0 aliphatic carbocycles. The van der Waals surface area contributed by atoms with Crippen LogP contribution in [0.25, 0.3) is 0 Å². The van der Waals surface area contributed by atoms with Crippen LogP contribution in [0.1, 0.15) is 26.3 Å². The van der Waals surface area contributed by atoms with Gasteiger partial charge in [-0.15, -0.1) is 0 Å². The molecule has 0 aliphatic rings. The van der Waals surface area contributed by atoms with Crippen LogP contribution in [0, 0.1) is 11.8 Å². The minimum absolute atomic E-state index is 0.0615. The Kier molecular flexibility index (Phi) is 5.27. The number of rotatable bonds is 6. The molecule has 0 fully saturated rings. The Morgan fingerprint density at radius 1 is 1.30 bits per heavy atom. The number of hydrogen-bond acceptors (Lipinski definition) is 3. The van der Waals surface area contributed by atoms with Crippen molar-refractivity contribution in [2.24, 2.45) is 17.6 Å². The van der Waals surface area contributed by atoms with Crippen molar-refractivity contribution in [1.82, 2.24) is 5.32 Å². The van der Waals surface area contributed by atoms with E-state index < -0.39 is 17.4 Å². The second-order valence-corrected chi connectivity index (χ2v) is 5.47. The summed E-state index contributed by atoms with van der Waals surface area (Å²) in [7, 11) is 0. The Morgan fingerprint density at radius 3 is 2.30 bits per heavy atom. The van der Waals surface area contributed by atoms with Crippen LogP contribution in [0.4, 0.5) is 0 Å². The van der Waals surface area contributed by atoms with Gasteiger partial charge in [-0.25, -0.2) is 0 Å². The number of aliphatic carboxylic acids is 1. The standard InChI is InChI=1S/C15H22N2O3/c1-10(2)12(13(18)19)9-17-14(20)15(3,16)11-7-5-4-6-8-11/h4-8,10,12H,9,16H2,1-3H3,(H,17,20)(H,18,19). The van der Waals surface area contributed by atoms with E-state index in [0.29, 0.717) is 5.56 Å². The molecule has 0 saturated carbocycles. The number of nitrogens with two attached hydrogens (primary N) is 1. The molecule has 0 radical (unpaired) electrons. The van der Waals surface area contributed by atoms with Gasteiger partial charge in [-0.2, -0.15) is 0 Å². The third-order valence-corrected chi connectivity index (χ3v) is 3.45. The molecule has 1 rings (SSSR count). The van der Waals surface area contributed by atoms with Crippen LogP contribution in [-0.4, -0.2) is 23.5 Å². The lowest BCUT2D eigenvalue weighted by molar-refractivity contribution is -0.143. The van der Waals surface area contributed by atoms with Crippen LogP contribution in [0.2, 0.25) is 0 Å². The van der Waals surface area contributed by atoms with Crippen molar-refractivity contribution in [3.8, 4) is 0 Å². The van der Waals surface area contributed by atoms with Crippen molar-refractivity contribution >= 4 is 11.9 Å². The maximum atomic E-state index is 12.2. The average molecular weight is 278 g/mol. The largest absolute Gasteiger partial charge is 0.481 e. The van der Waals surface area contributed by atoms with Crippen molar-refractivity contribution < 1.29 is 14.7 Å². The molecule has 4 N–H and O–H groups in total. The maximum Gasteiger partial charge on any atom is 0.308 e. The van der Waals surface area contributed by atoms with Crippen molar-refractivity contribution in [2.75, 3.05) is 6.54 Å². The number of carboxylic acid groups (broad SMARTS) is 1. The fourth-order valence-electron chi connectivity index (χ4n) is 1.91. The third kappa shape index (κ3) is 3.81. The molecule has 0 heterocycles. The van der Waals surface area contributed by atoms with Crippen molar-refractivity contribution in [3.63, 3.8) is 0 Å². The van der Waals surface area contributed by atoms with E-state index in [1.54, 1.807) is 19.1 Å². The van der Waals surface area contributed by atoms with E-state index in [4.69, 9.17) is 10.8 Å². The highest BCUT2D eigenvalue weighted by Gasteiger charge is 2.31. The van der Waals surface area contributed by atoms with Crippen LogP contribution in [0.5, 0.6) is 0 Å². The highest BCUT2D eigenvalue weighted by atomic mass is 16.4. The van der Waals surface area contributed by atoms with Crippen LogP contribution in [0.3, 0.4) is 0 Å². The number of nitrogens with one attached hydrogen (secondary N) is 1. The van der Waals surface area contributed by atoms with Crippen LogP contribution < -0.4 is 11.1 Å². The predicted molar refractivity (Wildman–Crippen MR) is 77.0 cm³/mol. The summed E-state index contributed by atoms with van der Waals surface area (Å²) < 4.78 is 0. The summed E-state index contributed by atoms with van der Waals surface area (Å²) in [6.45, 7) is 5.31. The van der Waals surface area contributed by atoms with Crippen molar-refractivity contribution in [2.45, 2.75) is 26.3 Å². The number of carboxylic acids is 1. The third-order valence-electron chi connectivity index (χ3n) is 3.45. The first-order valence-corrected chi connectivity index (χ1v) is 6.62. The predicted octanol–water partition coefficient (Wildman–Crippen LogP) is 1.33. The lowest BCUT2D eigenvalue weighted by Crippen LogP contribution is -2.50. The highest BCUT2D eigenvalue weighted by molar-refractivity contribution is 5.87. The first-order chi connectivity index (χ1) is 9.26. The summed E-state index contributed by atoms with van der Waals surface area (Å²) in [6, 6.07) is 9.01. The van der Waals surface area contributed by atoms with Crippen LogP contribution in [0.15, 0.2) is 30.3 Å². The fraction of sp³-hybridized carbons (Fsp3) is 0.467. The van der Waals surface area contributed by atoms with E-state index in [0.717, 1.165) is 0 Å². The lowest BCUT2D eigenvalue weighted by Gasteiger charge is -2.25. The summed E-state index contributed by atoms with van der Waals surface area (Å²) in [5, 5.41) is 11.7. The van der Waals surface area contributed by atoms with E-state index in [1.165, 1.54) is 0 Å². The zero-order chi connectivity index (χ0) is 15.3. The number of hydrogen-bond donors (Lipinski definition) is 3. The van der Waals surface area contributed by atoms with Gasteiger partial charge in [-0.3, -0.25) is 9.59 Å². The van der Waals surface area contributed by atoms with Gasteiger partial charge in [0.2, 0.25) is 5.91 Å². The number of benzene rings is 1. The maximum absolute atomic E-state index is 12.2. The summed E-state index contributed by atoms with van der Waals surface area (Å²) in [6.07, 6.45) is 0. The van der Waals surface area contributed by atoms with Crippen molar-refractivity contribution in [3.05, 3.63) is 35.9 Å². The molecule has 0 spiro atoms. The molecule has 5 heteroatoms. The Balaban J connectivity index is 2.73. The first-order valence-electron chi connectivity index (χ1n) is 6.62. The molecule has 20 heavy (non-hydrogen) atoms. The second kappa shape index (κ2) is 6.52. The molecule has 0 saturated heterocycles. The Hall–Kier alpha value is -1.88. The number of carbonyl (C=O) groups is 2. The smallest absolute Gasteiger partial charge is 0.308 e. The van der Waals surface area contributed by atoms with E-state index in [1.807, 2.05) is 32.0 Å². The lowest BCUT2D eigenvalue weighted by atomic mass is 9.91. The van der Waals surface area contributed by atoms with Crippen LogP contribution >= 0.6 is 0 Å². The highest BCUT2D eigenvalue weighted by Crippen LogP contribution is 2.18. The molecule has 110 valence electrons. The van der Waals surface area contributed by atoms with Crippen LogP contribution in [-0.2, 0) is 15.1 Å². The fourth-order valence-corrected chi connectivity index (χ4v) is 1.91. The van der Waals surface area contributed by atoms with E-state index >= 15 is 0 Å². The Morgan fingerprint density at radius 2 is 1.85 bits per heavy atom. The molecule has 5 nitrogen and oxygen atoms in total. The quantitative estimate of drug-likeness (QED) is 0.732. The molecular formula is C15H22N2O3. The summed E-state index contributed by atoms with van der Waals surface area (Å²) >= 11 is 0. The number of carbonyl (C=O) groups excluding carboxylic acids is 1. The monoisotopic (exact) mass is 278 g/mol. The minimum Gasteiger partial charge on any atom is -0.481 e. The molecule has 0 aliphatic heterocycles. The van der Waals surface area contributed by atoms with E-state index in [-0.39, 0.29) is 18.4 Å². The molecule has 1 aromatic carbocycles. The number of amides is 1. The second-order valence-electron chi connectivity index (χ2n) is 5.47. The first kappa shape index (κ1) is 16.2. The van der Waals surface area contributed by atoms with E-state index in [9.17, 15) is 9.59 Å². The molecule has 1 aromatic rings. The normalized spacial score (nSPS) is 15.4. The molecule has 2 atom stereocenters. The topological polar surface area (TPSA) is 92.4 Å². The molecule has 1 amide bonds. The Labute approximate surface area is 119 Å². The summed E-state index contributed by atoms with van der Waals surface area (Å²) in [4.78, 5) is 23.3. The zero-order valence-electron chi connectivity index (χ0n) is 12.1. The minimum atomic E-state index is -1.18. The van der Waals surface area contributed by atoms with E-state index in [2.05, 4.69) is 5.32 Å². The van der Waals surface area contributed by atoms with Gasteiger partial charge in [0.25, 0.3) is 0 Å². The average Bonchev–Trinajstić information content (AvgIpc) is 2.38. The van der Waals surface area contributed by atoms with Gasteiger partial charge in [0.1, 0.15) is 5.54 Å². The van der Waals surface area contributed by atoms with Gasteiger partial charge in [0.05, 0.1) is 5.92 Å². The summed E-state index contributed by atoms with van der Waals surface area (Å²) in [5.41, 5.74) is 5.57. The van der Waals surface area contributed by atoms with Gasteiger partial charge in [0, 0.05) is 6.54 Å². The van der Waals surface area contributed by atoms with Gasteiger partial charge in [-0.1, -0.05) is 44.2 Å². The molecule has 0 bridgehead atoms. The van der Waals surface area contributed by atoms with Gasteiger partial charge in [0.15, 0.2) is 0 Å². The van der Waals surface area contributed by atoms with Gasteiger partial charge in [-0.05, 0) is 18.4 Å². The molecular weight excluding hydrogens is 256 g/mol. The van der Waals surface area contributed by atoms with Gasteiger partial charge >= 0.3 is 5.97 Å². The Bertz CT molecular complexity index is 469. The summed E-state index contributed by atoms with van der Waals surface area (Å²) in [5.74, 6) is -1.98. The molecule has 0 aromatic heterocycles. The van der Waals surface area contributed by atoms with Gasteiger partial charge < -0.3 is 16.2 Å². The molecule has 2 unspecified atom stereocenters. The van der Waals surface area contributed by atoms with Crippen molar-refractivity contribution in [1.29, 1.82) is 0 Å². The SMILES string of the molecule is CC(C)C(CNC(=O)C(C)(N)c1ccccc1)C(=O)O. The zero-order valence-corrected chi connectivity index (χ0v) is 12.1.